The van der Waals surface area contributed by atoms with Crippen molar-refractivity contribution in [3.63, 3.8) is 0 Å². The lowest BCUT2D eigenvalue weighted by Crippen LogP contribution is -3.00. The van der Waals surface area contributed by atoms with E-state index in [0.29, 0.717) is 11.1 Å². The SMILES string of the molecule is CCCCCCCC/C=C\CCCCCCCCC([NH3+])(CCCCCCCC/C=C\CCCCCCCC)CCCCCCCC/C=C\CCCCCCCC.CCCCCCCC/C=C\CCCCCCCCC([NH3+])(CCCCCCCC/C=C\CCCCCCCC)CCCCCCCC/C=C\CCCCCCCC.[Cl-].[Cl-]. The van der Waals surface area contributed by atoms with Crippen LogP contribution in [0.2, 0.25) is 0 Å². The quantitative estimate of drug-likeness (QED) is 0.0450. The number of rotatable bonds is 96. The molecule has 0 atom stereocenters. The Morgan fingerprint density at radius 3 is 0.298 bits per heavy atom. The van der Waals surface area contributed by atoms with Crippen LogP contribution >= 0.6 is 0 Å². The average Bonchev–Trinajstić information content (AvgIpc) is 0.907. The molecule has 0 heterocycles. The van der Waals surface area contributed by atoms with E-state index in [-0.39, 0.29) is 24.8 Å². The summed E-state index contributed by atoms with van der Waals surface area (Å²) in [5.74, 6) is 0. The molecule has 0 unspecified atom stereocenters. The average molecular weight is 1640 g/mol. The number of unbranched alkanes of at least 4 members (excludes halogenated alkanes) is 72. The fourth-order valence-corrected chi connectivity index (χ4v) is 17.2. The van der Waals surface area contributed by atoms with Crippen LogP contribution in [0.1, 0.15) is 619 Å². The molecule has 0 radical (unpaired) electrons. The summed E-state index contributed by atoms with van der Waals surface area (Å²) < 4.78 is 0. The van der Waals surface area contributed by atoms with Crippen LogP contribution in [-0.4, -0.2) is 11.1 Å². The highest BCUT2D eigenvalue weighted by Gasteiger charge is 2.29. The van der Waals surface area contributed by atoms with E-state index in [1.54, 1.807) is 0 Å². The topological polar surface area (TPSA) is 55.3 Å². The van der Waals surface area contributed by atoms with Gasteiger partial charge in [-0.25, -0.2) is 0 Å². The van der Waals surface area contributed by atoms with E-state index in [1.165, 1.54) is 578 Å². The monoisotopic (exact) mass is 1640 g/mol. The number of halogens is 2. The molecule has 0 aromatic rings. The molecule has 0 aromatic heterocycles. The Morgan fingerprint density at radius 1 is 0.123 bits per heavy atom. The van der Waals surface area contributed by atoms with Crippen LogP contribution in [-0.2, 0) is 0 Å². The van der Waals surface area contributed by atoms with E-state index in [1.807, 2.05) is 0 Å². The van der Waals surface area contributed by atoms with Crippen LogP contribution in [0, 0.1) is 0 Å². The van der Waals surface area contributed by atoms with Crippen LogP contribution in [0.25, 0.3) is 0 Å². The smallest absolute Gasteiger partial charge is 0.0945 e. The summed E-state index contributed by atoms with van der Waals surface area (Å²) in [6.07, 6.45) is 155. The molecule has 0 fully saturated rings. The number of hydrogen-bond acceptors (Lipinski definition) is 0. The van der Waals surface area contributed by atoms with Crippen molar-refractivity contribution in [2.45, 2.75) is 630 Å². The maximum Gasteiger partial charge on any atom is 0.0945 e. The molecule has 4 heteroatoms. The van der Waals surface area contributed by atoms with E-state index in [4.69, 9.17) is 11.5 Å². The third-order valence-electron chi connectivity index (χ3n) is 25.3. The van der Waals surface area contributed by atoms with Crippen LogP contribution in [0.5, 0.6) is 0 Å². The summed E-state index contributed by atoms with van der Waals surface area (Å²) >= 11 is 0. The van der Waals surface area contributed by atoms with Crippen molar-refractivity contribution >= 4 is 0 Å². The van der Waals surface area contributed by atoms with Gasteiger partial charge >= 0.3 is 0 Å². The number of quaternary nitrogens is 2. The van der Waals surface area contributed by atoms with E-state index in [2.05, 4.69) is 114 Å². The van der Waals surface area contributed by atoms with Gasteiger partial charge in [-0.1, -0.05) is 461 Å². The van der Waals surface area contributed by atoms with Crippen LogP contribution in [0.3, 0.4) is 0 Å². The van der Waals surface area contributed by atoms with Gasteiger partial charge < -0.3 is 36.3 Å². The van der Waals surface area contributed by atoms with Gasteiger partial charge in [0.05, 0.1) is 11.1 Å². The predicted molar refractivity (Wildman–Crippen MR) is 516 cm³/mol. The third kappa shape index (κ3) is 105. The summed E-state index contributed by atoms with van der Waals surface area (Å²) in [7, 11) is 0. The first-order valence-electron chi connectivity index (χ1n) is 53.0. The van der Waals surface area contributed by atoms with Crippen molar-refractivity contribution in [3.05, 3.63) is 72.9 Å². The van der Waals surface area contributed by atoms with E-state index >= 15 is 0 Å². The lowest BCUT2D eigenvalue weighted by Gasteiger charge is -2.26. The van der Waals surface area contributed by atoms with Crippen LogP contribution in [0.15, 0.2) is 72.9 Å². The molecule has 0 aliphatic rings. The summed E-state index contributed by atoms with van der Waals surface area (Å²) in [4.78, 5) is 0. The second kappa shape index (κ2) is 108. The van der Waals surface area contributed by atoms with Crippen molar-refractivity contribution in [2.24, 2.45) is 0 Å². The Morgan fingerprint density at radius 2 is 0.202 bits per heavy atom. The van der Waals surface area contributed by atoms with Crippen molar-refractivity contribution in [1.29, 1.82) is 0 Å². The van der Waals surface area contributed by atoms with Gasteiger partial charge in [-0.15, -0.1) is 0 Å². The van der Waals surface area contributed by atoms with Crippen molar-refractivity contribution < 1.29 is 36.3 Å². The van der Waals surface area contributed by atoms with Crippen molar-refractivity contribution in [1.82, 2.24) is 0 Å². The normalized spacial score (nSPS) is 12.2. The van der Waals surface area contributed by atoms with Gasteiger partial charge in [0.15, 0.2) is 0 Å². The molecule has 0 saturated heterocycles. The number of allylic oxidation sites excluding steroid dienone is 12. The zero-order chi connectivity index (χ0) is 81.1. The van der Waals surface area contributed by atoms with Gasteiger partial charge in [0, 0.05) is 38.5 Å². The lowest BCUT2D eigenvalue weighted by molar-refractivity contribution is -0.484. The molecule has 2 nitrogen and oxygen atoms in total. The molecule has 0 amide bonds. The molecule has 6 N–H and O–H groups in total. The lowest BCUT2D eigenvalue weighted by atomic mass is 9.82. The zero-order valence-electron chi connectivity index (χ0n) is 79.7. The van der Waals surface area contributed by atoms with Crippen molar-refractivity contribution in [3.8, 4) is 0 Å². The minimum atomic E-state index is 0. The molecule has 0 saturated carbocycles. The summed E-state index contributed by atoms with van der Waals surface area (Å²) in [5, 5.41) is 0. The fraction of sp³-hybridized carbons (Fsp3) is 0.891. The first-order chi connectivity index (χ1) is 55.4. The first-order valence-corrected chi connectivity index (χ1v) is 53.0. The van der Waals surface area contributed by atoms with Gasteiger partial charge in [-0.3, -0.25) is 0 Å². The van der Waals surface area contributed by atoms with Gasteiger partial charge in [-0.05, 0) is 193 Å². The maximum atomic E-state index is 4.97. The maximum absolute atomic E-state index is 4.97. The van der Waals surface area contributed by atoms with Gasteiger partial charge in [-0.2, -0.15) is 0 Å². The summed E-state index contributed by atoms with van der Waals surface area (Å²) in [5.41, 5.74) is 10.6. The Kier molecular flexibility index (Phi) is 113. The minimum absolute atomic E-state index is 0. The zero-order valence-corrected chi connectivity index (χ0v) is 81.2. The molecule has 0 rings (SSSR count). The summed E-state index contributed by atoms with van der Waals surface area (Å²) in [6, 6.07) is 0. The summed E-state index contributed by atoms with van der Waals surface area (Å²) in [6.45, 7) is 13.8. The molecular formula is C110H216Cl2N2. The Balaban J connectivity index is -0.00000104. The van der Waals surface area contributed by atoms with Crippen LogP contribution < -0.4 is 36.3 Å². The molecular weight excluding hydrogens is 1420 g/mol. The molecule has 0 aromatic carbocycles. The molecule has 114 heavy (non-hydrogen) atoms. The van der Waals surface area contributed by atoms with E-state index in [0.717, 1.165) is 0 Å². The molecule has 680 valence electrons. The Hall–Kier alpha value is -1.06. The second-order valence-corrected chi connectivity index (χ2v) is 37.1. The minimum Gasteiger partial charge on any atom is -1.00 e. The van der Waals surface area contributed by atoms with E-state index < -0.39 is 0 Å². The van der Waals surface area contributed by atoms with Crippen LogP contribution in [0.4, 0.5) is 0 Å². The predicted octanol–water partition coefficient (Wildman–Crippen LogP) is 32.5. The third-order valence-corrected chi connectivity index (χ3v) is 25.3. The van der Waals surface area contributed by atoms with E-state index in [9.17, 15) is 0 Å². The molecule has 0 aliphatic heterocycles. The Labute approximate surface area is 734 Å². The van der Waals surface area contributed by atoms with Gasteiger partial charge in [0.1, 0.15) is 0 Å². The van der Waals surface area contributed by atoms with Crippen molar-refractivity contribution in [2.75, 3.05) is 0 Å². The molecule has 0 spiro atoms. The molecule has 0 aliphatic carbocycles. The first kappa shape index (κ1) is 119. The standard InChI is InChI=1S/2C55H107N.2ClH/c2*1-4-7-10-13-16-19-22-25-28-31-34-37-40-43-46-49-52-55(56,53-50-47-44-41-38-35-32-29-26-23-20-17-14-11-8-5-2)54-51-48-45-42-39-36-33-30-27-24-21-18-15-12-9-6-3;;/h2*25-30H,4-24,31-54,56H2,1-3H3;2*1H/b2*28-25-,29-26-,30-27-;;. The largest absolute Gasteiger partial charge is 1.00 e. The van der Waals surface area contributed by atoms with Gasteiger partial charge in [0.25, 0.3) is 0 Å². The highest BCUT2D eigenvalue weighted by Crippen LogP contribution is 2.29. The number of hydrogen-bond donors (Lipinski definition) is 2. The fourth-order valence-electron chi connectivity index (χ4n) is 17.2. The molecule has 0 bridgehead atoms. The highest BCUT2D eigenvalue weighted by atomic mass is 35.5. The van der Waals surface area contributed by atoms with Gasteiger partial charge in [0.2, 0.25) is 0 Å². The second-order valence-electron chi connectivity index (χ2n) is 37.1. The highest BCUT2D eigenvalue weighted by molar-refractivity contribution is 4.86. The Bertz CT molecular complexity index is 1520.